The van der Waals surface area contributed by atoms with Gasteiger partial charge >= 0.3 is 0 Å². The summed E-state index contributed by atoms with van der Waals surface area (Å²) in [5.74, 6) is 0.483. The summed E-state index contributed by atoms with van der Waals surface area (Å²) in [6, 6.07) is 3.22. The van der Waals surface area contributed by atoms with Crippen molar-refractivity contribution >= 4 is 34.8 Å². The molecule has 1 aromatic carbocycles. The van der Waals surface area contributed by atoms with Crippen LogP contribution in [0.4, 0.5) is 0 Å². The Labute approximate surface area is 115 Å². The van der Waals surface area contributed by atoms with Gasteiger partial charge < -0.3 is 9.47 Å². The van der Waals surface area contributed by atoms with Crippen molar-refractivity contribution < 1.29 is 9.47 Å². The zero-order valence-electron chi connectivity index (χ0n) is 8.96. The van der Waals surface area contributed by atoms with Crippen LogP contribution in [0.3, 0.4) is 0 Å². The molecule has 0 bridgehead atoms. The molecular formula is C12H11Cl3O2. The van der Waals surface area contributed by atoms with Crippen molar-refractivity contribution in [3.63, 3.8) is 0 Å². The second-order valence-corrected chi connectivity index (χ2v) is 4.97. The van der Waals surface area contributed by atoms with Crippen LogP contribution < -0.4 is 4.74 Å². The average Bonchev–Trinajstić information content (AvgIpc) is 3.00. The largest absolute Gasteiger partial charge is 0.489 e. The molecule has 2 rings (SSSR count). The van der Waals surface area contributed by atoms with Crippen molar-refractivity contribution in [1.82, 2.24) is 0 Å². The van der Waals surface area contributed by atoms with Gasteiger partial charge in [0.1, 0.15) is 23.5 Å². The molecule has 0 aliphatic carbocycles. The first-order valence-corrected chi connectivity index (χ1v) is 6.29. The third kappa shape index (κ3) is 3.29. The van der Waals surface area contributed by atoms with Gasteiger partial charge in [-0.2, -0.15) is 0 Å². The van der Waals surface area contributed by atoms with Crippen LogP contribution >= 0.6 is 34.8 Å². The summed E-state index contributed by atoms with van der Waals surface area (Å²) in [4.78, 5) is 0. The molecule has 2 unspecified atom stereocenters. The summed E-state index contributed by atoms with van der Waals surface area (Å²) in [6.45, 7) is 4.09. The van der Waals surface area contributed by atoms with E-state index in [2.05, 4.69) is 6.58 Å². The van der Waals surface area contributed by atoms with Crippen molar-refractivity contribution in [3.8, 4) is 5.75 Å². The second kappa shape index (κ2) is 5.49. The number of benzene rings is 1. The lowest BCUT2D eigenvalue weighted by Gasteiger charge is -2.08. The van der Waals surface area contributed by atoms with Crippen molar-refractivity contribution in [2.75, 3.05) is 6.61 Å². The van der Waals surface area contributed by atoms with Gasteiger partial charge in [-0.25, -0.2) is 0 Å². The van der Waals surface area contributed by atoms with Crippen molar-refractivity contribution in [1.29, 1.82) is 0 Å². The quantitative estimate of drug-likeness (QED) is 0.457. The third-order valence-electron chi connectivity index (χ3n) is 2.45. The summed E-state index contributed by atoms with van der Waals surface area (Å²) >= 11 is 17.7. The molecule has 2 nitrogen and oxygen atoms in total. The van der Waals surface area contributed by atoms with Crippen LogP contribution in [-0.2, 0) is 4.74 Å². The third-order valence-corrected chi connectivity index (χ3v) is 3.45. The Kier molecular flexibility index (Phi) is 4.21. The molecule has 0 saturated carbocycles. The fraction of sp³-hybridized carbons (Fsp3) is 0.333. The van der Waals surface area contributed by atoms with E-state index in [1.165, 1.54) is 0 Å². The van der Waals surface area contributed by atoms with Crippen molar-refractivity contribution in [2.45, 2.75) is 18.6 Å². The van der Waals surface area contributed by atoms with Crippen LogP contribution in [0, 0.1) is 0 Å². The molecule has 0 aromatic heterocycles. The Hall–Kier alpha value is -0.410. The van der Waals surface area contributed by atoms with Gasteiger partial charge in [-0.3, -0.25) is 0 Å². The highest BCUT2D eigenvalue weighted by Gasteiger charge is 2.38. The van der Waals surface area contributed by atoms with Crippen LogP contribution in [-0.4, -0.2) is 18.8 Å². The fourth-order valence-corrected chi connectivity index (χ4v) is 2.15. The number of rotatable bonds is 5. The summed E-state index contributed by atoms with van der Waals surface area (Å²) < 4.78 is 10.9. The summed E-state index contributed by atoms with van der Waals surface area (Å²) in [7, 11) is 0. The molecule has 0 spiro atoms. The van der Waals surface area contributed by atoms with E-state index >= 15 is 0 Å². The number of hydrogen-bond acceptors (Lipinski definition) is 2. The Bertz CT molecular complexity index is 434. The molecule has 1 aromatic rings. The van der Waals surface area contributed by atoms with Gasteiger partial charge in [0.15, 0.2) is 0 Å². The molecule has 0 N–H and O–H groups in total. The molecule has 1 aliphatic heterocycles. The number of halogens is 3. The molecule has 1 saturated heterocycles. The van der Waals surface area contributed by atoms with E-state index in [1.54, 1.807) is 12.1 Å². The Morgan fingerprint density at radius 1 is 1.29 bits per heavy atom. The van der Waals surface area contributed by atoms with E-state index in [-0.39, 0.29) is 12.2 Å². The minimum Gasteiger partial charge on any atom is -0.489 e. The molecule has 1 heterocycles. The SMILES string of the molecule is C=CCC1OC1COc1cc(Cl)cc(Cl)c1Cl. The highest BCUT2D eigenvalue weighted by atomic mass is 35.5. The molecule has 2 atom stereocenters. The minimum absolute atomic E-state index is 0.0989. The monoisotopic (exact) mass is 292 g/mol. The average molecular weight is 294 g/mol. The van der Waals surface area contributed by atoms with Crippen LogP contribution in [0.2, 0.25) is 15.1 Å². The van der Waals surface area contributed by atoms with E-state index < -0.39 is 0 Å². The van der Waals surface area contributed by atoms with Crippen molar-refractivity contribution in [3.05, 3.63) is 39.9 Å². The summed E-state index contributed by atoms with van der Waals surface area (Å²) in [5.41, 5.74) is 0. The lowest BCUT2D eigenvalue weighted by Crippen LogP contribution is -2.07. The molecule has 92 valence electrons. The number of hydrogen-bond donors (Lipinski definition) is 0. The molecule has 1 fully saturated rings. The number of ether oxygens (including phenoxy) is 2. The minimum atomic E-state index is 0.0989. The first-order valence-electron chi connectivity index (χ1n) is 5.15. The zero-order chi connectivity index (χ0) is 12.4. The van der Waals surface area contributed by atoms with Crippen LogP contribution in [0.25, 0.3) is 0 Å². The van der Waals surface area contributed by atoms with E-state index in [1.807, 2.05) is 6.08 Å². The van der Waals surface area contributed by atoms with Crippen LogP contribution in [0.1, 0.15) is 6.42 Å². The van der Waals surface area contributed by atoms with E-state index in [4.69, 9.17) is 44.3 Å². The van der Waals surface area contributed by atoms with Gasteiger partial charge in [-0.15, -0.1) is 6.58 Å². The molecule has 0 amide bonds. The maximum absolute atomic E-state index is 5.99. The summed E-state index contributed by atoms with van der Waals surface area (Å²) in [5, 5.41) is 1.25. The highest BCUT2D eigenvalue weighted by molar-refractivity contribution is 6.44. The normalized spacial score (nSPS) is 22.3. The van der Waals surface area contributed by atoms with E-state index in [0.717, 1.165) is 6.42 Å². The maximum atomic E-state index is 5.99. The van der Waals surface area contributed by atoms with E-state index in [9.17, 15) is 0 Å². The lowest BCUT2D eigenvalue weighted by atomic mass is 10.2. The van der Waals surface area contributed by atoms with Gasteiger partial charge in [0.05, 0.1) is 11.1 Å². The first kappa shape index (κ1) is 13.0. The van der Waals surface area contributed by atoms with Gasteiger partial charge in [-0.1, -0.05) is 40.9 Å². The predicted octanol–water partition coefficient (Wildman–Crippen LogP) is 4.37. The Morgan fingerprint density at radius 3 is 2.76 bits per heavy atom. The first-order chi connectivity index (χ1) is 8.11. The number of epoxide rings is 1. The molecule has 5 heteroatoms. The predicted molar refractivity (Wildman–Crippen MR) is 70.4 cm³/mol. The smallest absolute Gasteiger partial charge is 0.141 e. The zero-order valence-corrected chi connectivity index (χ0v) is 11.2. The van der Waals surface area contributed by atoms with E-state index in [0.29, 0.717) is 27.4 Å². The summed E-state index contributed by atoms with van der Waals surface area (Å²) in [6.07, 6.45) is 2.97. The van der Waals surface area contributed by atoms with Crippen LogP contribution in [0.5, 0.6) is 5.75 Å². The molecule has 0 radical (unpaired) electrons. The highest BCUT2D eigenvalue weighted by Crippen LogP contribution is 2.36. The van der Waals surface area contributed by atoms with Gasteiger partial charge in [0.2, 0.25) is 0 Å². The maximum Gasteiger partial charge on any atom is 0.141 e. The van der Waals surface area contributed by atoms with Crippen molar-refractivity contribution in [2.24, 2.45) is 0 Å². The molecule has 1 aliphatic rings. The van der Waals surface area contributed by atoms with Crippen LogP contribution in [0.15, 0.2) is 24.8 Å². The molecular weight excluding hydrogens is 282 g/mol. The van der Waals surface area contributed by atoms with Gasteiger partial charge in [-0.05, 0) is 12.5 Å². The van der Waals surface area contributed by atoms with Gasteiger partial charge in [0.25, 0.3) is 0 Å². The van der Waals surface area contributed by atoms with Gasteiger partial charge in [0, 0.05) is 11.1 Å². The molecule has 17 heavy (non-hydrogen) atoms. The fourth-order valence-electron chi connectivity index (χ4n) is 1.51. The topological polar surface area (TPSA) is 21.8 Å². The Morgan fingerprint density at radius 2 is 2.06 bits per heavy atom. The second-order valence-electron chi connectivity index (χ2n) is 3.75. The standard InChI is InChI=1S/C12H11Cl3O2/c1-2-3-9-11(17-9)6-16-10-5-7(13)4-8(14)12(10)15/h2,4-5,9,11H,1,3,6H2. The Balaban J connectivity index is 1.93. The lowest BCUT2D eigenvalue weighted by molar-refractivity contribution is 0.260.